The highest BCUT2D eigenvalue weighted by molar-refractivity contribution is 5.78. The van der Waals surface area contributed by atoms with Gasteiger partial charge in [-0.05, 0) is 58.7 Å². The lowest BCUT2D eigenvalue weighted by Crippen LogP contribution is -2.00. The van der Waals surface area contributed by atoms with Crippen LogP contribution in [-0.2, 0) is 0 Å². The molecule has 7 aromatic carbocycles. The summed E-state index contributed by atoms with van der Waals surface area (Å²) in [7, 11) is 0. The number of rotatable bonds is 8. The monoisotopic (exact) mass is 716 g/mol. The molecule has 0 amide bonds. The van der Waals surface area contributed by atoms with Gasteiger partial charge < -0.3 is 0 Å². The summed E-state index contributed by atoms with van der Waals surface area (Å²) in [5.41, 5.74) is 11.9. The molecular weight excluding hydrogens is 685 g/mol. The predicted octanol–water partition coefficient (Wildman–Crippen LogP) is 11.9. The van der Waals surface area contributed by atoms with Crippen LogP contribution in [-0.4, -0.2) is 24.9 Å². The molecule has 0 N–H and O–H groups in total. The van der Waals surface area contributed by atoms with Crippen molar-refractivity contribution in [2.75, 3.05) is 0 Å². The van der Waals surface area contributed by atoms with E-state index in [1.165, 1.54) is 0 Å². The topological polar surface area (TPSA) is 88.2 Å². The first kappa shape index (κ1) is 33.9. The molecule has 0 spiro atoms. The second-order valence-corrected chi connectivity index (χ2v) is 13.3. The normalized spacial score (nSPS) is 10.8. The molecule has 2 aromatic heterocycles. The highest BCUT2D eigenvalue weighted by Gasteiger charge is 2.15. The first-order valence-electron chi connectivity index (χ1n) is 18.3. The van der Waals surface area contributed by atoms with Gasteiger partial charge in [0, 0.05) is 33.4 Å². The van der Waals surface area contributed by atoms with Gasteiger partial charge in [-0.1, -0.05) is 158 Å². The first-order chi connectivity index (χ1) is 27.7. The molecule has 0 aliphatic carbocycles. The average Bonchev–Trinajstić information content (AvgIpc) is 3.29. The van der Waals surface area contributed by atoms with Crippen LogP contribution in [0.1, 0.15) is 5.56 Å². The van der Waals surface area contributed by atoms with Crippen molar-refractivity contribution < 1.29 is 0 Å². The third kappa shape index (κ3) is 7.21. The van der Waals surface area contributed by atoms with E-state index in [0.29, 0.717) is 28.9 Å². The Morgan fingerprint density at radius 2 is 0.625 bits per heavy atom. The molecule has 0 aliphatic rings. The number of nitrogens with zero attached hydrogens (tertiary/aromatic N) is 6. The lowest BCUT2D eigenvalue weighted by molar-refractivity contribution is 1.07. The minimum absolute atomic E-state index is 0.499. The van der Waals surface area contributed by atoms with Gasteiger partial charge in [0.1, 0.15) is 0 Å². The molecule has 2 heterocycles. The van der Waals surface area contributed by atoms with Gasteiger partial charge in [0.25, 0.3) is 0 Å². The fraction of sp³-hybridized carbons (Fsp3) is 0. The van der Waals surface area contributed by atoms with Gasteiger partial charge >= 0.3 is 0 Å². The van der Waals surface area contributed by atoms with Crippen molar-refractivity contribution >= 4 is 0 Å². The number of nitriles is 1. The molecule has 262 valence electrons. The zero-order valence-electron chi connectivity index (χ0n) is 30.2. The number of hydrogen-bond donors (Lipinski definition) is 0. The number of benzene rings is 7. The van der Waals surface area contributed by atoms with E-state index in [0.717, 1.165) is 67.0 Å². The van der Waals surface area contributed by atoms with E-state index in [-0.39, 0.29) is 0 Å². The van der Waals surface area contributed by atoms with Crippen LogP contribution in [0.2, 0.25) is 0 Å². The summed E-state index contributed by atoms with van der Waals surface area (Å²) in [4.78, 5) is 25.0. The summed E-state index contributed by atoms with van der Waals surface area (Å²) in [5, 5.41) is 9.57. The van der Waals surface area contributed by atoms with Crippen LogP contribution in [0.3, 0.4) is 0 Å². The smallest absolute Gasteiger partial charge is 0.164 e. The summed E-state index contributed by atoms with van der Waals surface area (Å²) in [6.45, 7) is 0. The van der Waals surface area contributed by atoms with Crippen molar-refractivity contribution in [2.24, 2.45) is 0 Å². The second-order valence-electron chi connectivity index (χ2n) is 13.3. The summed E-state index contributed by atoms with van der Waals surface area (Å²) in [6.07, 6.45) is 0. The molecule has 9 aromatic rings. The molecule has 0 bridgehead atoms. The van der Waals surface area contributed by atoms with Gasteiger partial charge in [-0.15, -0.1) is 0 Å². The average molecular weight is 717 g/mol. The third-order valence-electron chi connectivity index (χ3n) is 9.55. The molecule has 0 saturated heterocycles. The van der Waals surface area contributed by atoms with E-state index in [1.54, 1.807) is 12.1 Å². The Morgan fingerprint density at radius 1 is 0.268 bits per heavy atom. The van der Waals surface area contributed by atoms with E-state index in [2.05, 4.69) is 103 Å². The molecule has 0 unspecified atom stereocenters. The molecule has 0 atom stereocenters. The van der Waals surface area contributed by atoms with Gasteiger partial charge in [0.05, 0.1) is 23.0 Å². The Balaban J connectivity index is 1.12. The molecule has 9 rings (SSSR count). The largest absolute Gasteiger partial charge is 0.228 e. The van der Waals surface area contributed by atoms with Gasteiger partial charge in [-0.2, -0.15) is 5.26 Å². The Morgan fingerprint density at radius 3 is 1.18 bits per heavy atom. The van der Waals surface area contributed by atoms with Crippen LogP contribution in [0.25, 0.3) is 90.3 Å². The Bertz CT molecular complexity index is 2870. The molecule has 0 fully saturated rings. The summed E-state index contributed by atoms with van der Waals surface area (Å²) in [5.74, 6) is 2.23. The van der Waals surface area contributed by atoms with E-state index < -0.39 is 0 Å². The van der Waals surface area contributed by atoms with Crippen molar-refractivity contribution in [3.05, 3.63) is 200 Å². The lowest BCUT2D eigenvalue weighted by Gasteiger charge is -2.12. The quantitative estimate of drug-likeness (QED) is 0.156. The standard InChI is InChI=1S/C50H32N6/c51-33-34-14-10-25-42(28-34)49-54-47(37-19-8-3-9-20-37)55-50(56-49)44-27-13-23-40(31-44)39-22-12-26-43(30-39)48-52-45(36-17-6-2-7-18-36)32-46(53-48)41-24-11-21-38(29-41)35-15-4-1-5-16-35/h1-32H. The van der Waals surface area contributed by atoms with Crippen LogP contribution >= 0.6 is 0 Å². The molecule has 0 saturated carbocycles. The van der Waals surface area contributed by atoms with Crippen molar-refractivity contribution in [3.63, 3.8) is 0 Å². The SMILES string of the molecule is N#Cc1cccc(-c2nc(-c3ccccc3)nc(-c3cccc(-c4cccc(-c5nc(-c6ccccc6)cc(-c6cccc(-c7ccccc7)c6)n5)c4)c3)n2)c1. The van der Waals surface area contributed by atoms with E-state index in [9.17, 15) is 5.26 Å². The Labute approximate surface area is 325 Å². The fourth-order valence-corrected chi connectivity index (χ4v) is 6.72. The lowest BCUT2D eigenvalue weighted by atomic mass is 9.99. The second kappa shape index (κ2) is 15.2. The molecule has 6 heteroatoms. The summed E-state index contributed by atoms with van der Waals surface area (Å²) in [6, 6.07) is 67.1. The summed E-state index contributed by atoms with van der Waals surface area (Å²) < 4.78 is 0. The number of aromatic nitrogens is 5. The highest BCUT2D eigenvalue weighted by atomic mass is 15.0. The van der Waals surface area contributed by atoms with Gasteiger partial charge in [-0.3, -0.25) is 0 Å². The number of hydrogen-bond acceptors (Lipinski definition) is 6. The minimum atomic E-state index is 0.499. The molecule has 56 heavy (non-hydrogen) atoms. The van der Waals surface area contributed by atoms with Gasteiger partial charge in [0.15, 0.2) is 23.3 Å². The fourth-order valence-electron chi connectivity index (χ4n) is 6.72. The molecule has 0 radical (unpaired) electrons. The van der Waals surface area contributed by atoms with Gasteiger partial charge in [-0.25, -0.2) is 24.9 Å². The zero-order valence-corrected chi connectivity index (χ0v) is 30.2. The van der Waals surface area contributed by atoms with E-state index in [4.69, 9.17) is 24.9 Å². The maximum atomic E-state index is 9.57. The van der Waals surface area contributed by atoms with E-state index in [1.807, 2.05) is 84.9 Å². The van der Waals surface area contributed by atoms with Crippen LogP contribution in [0.15, 0.2) is 194 Å². The highest BCUT2D eigenvalue weighted by Crippen LogP contribution is 2.33. The van der Waals surface area contributed by atoms with Gasteiger partial charge in [0.2, 0.25) is 0 Å². The zero-order chi connectivity index (χ0) is 37.7. The van der Waals surface area contributed by atoms with Crippen molar-refractivity contribution in [1.82, 2.24) is 24.9 Å². The van der Waals surface area contributed by atoms with Crippen LogP contribution < -0.4 is 0 Å². The van der Waals surface area contributed by atoms with Crippen LogP contribution in [0.5, 0.6) is 0 Å². The Kier molecular flexibility index (Phi) is 9.23. The van der Waals surface area contributed by atoms with E-state index >= 15 is 0 Å². The predicted molar refractivity (Wildman–Crippen MR) is 224 cm³/mol. The maximum absolute atomic E-state index is 9.57. The summed E-state index contributed by atoms with van der Waals surface area (Å²) >= 11 is 0. The Hall–Kier alpha value is -7.88. The van der Waals surface area contributed by atoms with Crippen LogP contribution in [0.4, 0.5) is 0 Å². The molecule has 6 nitrogen and oxygen atoms in total. The maximum Gasteiger partial charge on any atom is 0.164 e. The van der Waals surface area contributed by atoms with Crippen molar-refractivity contribution in [1.29, 1.82) is 5.26 Å². The third-order valence-corrected chi connectivity index (χ3v) is 9.55. The minimum Gasteiger partial charge on any atom is -0.228 e. The molecular formula is C50H32N6. The van der Waals surface area contributed by atoms with Crippen molar-refractivity contribution in [3.8, 4) is 96.4 Å². The van der Waals surface area contributed by atoms with Crippen LogP contribution in [0, 0.1) is 11.3 Å². The first-order valence-corrected chi connectivity index (χ1v) is 18.3. The van der Waals surface area contributed by atoms with Crippen molar-refractivity contribution in [2.45, 2.75) is 0 Å². The molecule has 0 aliphatic heterocycles.